The number of thioether (sulfide) groups is 1. The average molecular weight is 418 g/mol. The van der Waals surface area contributed by atoms with Crippen molar-refractivity contribution >= 4 is 29.1 Å². The van der Waals surface area contributed by atoms with Crippen molar-refractivity contribution in [2.45, 2.75) is 25.6 Å². The van der Waals surface area contributed by atoms with Gasteiger partial charge in [0.1, 0.15) is 23.9 Å². The Morgan fingerprint density at radius 2 is 1.68 bits per heavy atom. The summed E-state index contributed by atoms with van der Waals surface area (Å²) in [4.78, 5) is 11.4. The molecule has 0 radical (unpaired) electrons. The van der Waals surface area contributed by atoms with Gasteiger partial charge in [0.05, 0.1) is 12.4 Å². The summed E-state index contributed by atoms with van der Waals surface area (Å²) in [6.07, 6.45) is 0. The van der Waals surface area contributed by atoms with E-state index >= 15 is 0 Å². The molecule has 1 heterocycles. The van der Waals surface area contributed by atoms with E-state index in [0.29, 0.717) is 34.1 Å². The van der Waals surface area contributed by atoms with Crippen molar-refractivity contribution < 1.29 is 14.3 Å². The number of ether oxygens (including phenoxy) is 2. The SMILES string of the molecule is CCOc1ccc(OCc2nnc(SCC(C)=O)n2-c2ccc(Cl)cc2)cc1. The van der Waals surface area contributed by atoms with Crippen LogP contribution in [0.5, 0.6) is 11.5 Å². The number of hydrogen-bond donors (Lipinski definition) is 0. The van der Waals surface area contributed by atoms with Crippen LogP contribution in [0, 0.1) is 0 Å². The highest BCUT2D eigenvalue weighted by Gasteiger charge is 2.16. The molecule has 0 aliphatic rings. The van der Waals surface area contributed by atoms with Crippen molar-refractivity contribution in [1.29, 1.82) is 0 Å². The summed E-state index contributed by atoms with van der Waals surface area (Å²) < 4.78 is 13.2. The summed E-state index contributed by atoms with van der Waals surface area (Å²) in [6, 6.07) is 14.8. The van der Waals surface area contributed by atoms with Crippen molar-refractivity contribution in [3.63, 3.8) is 0 Å². The minimum Gasteiger partial charge on any atom is -0.494 e. The molecule has 0 spiro atoms. The molecule has 0 aliphatic heterocycles. The highest BCUT2D eigenvalue weighted by atomic mass is 35.5. The fourth-order valence-electron chi connectivity index (χ4n) is 2.45. The monoisotopic (exact) mass is 417 g/mol. The Balaban J connectivity index is 1.81. The van der Waals surface area contributed by atoms with Gasteiger partial charge in [-0.3, -0.25) is 9.36 Å². The molecule has 8 heteroatoms. The number of benzene rings is 2. The number of ketones is 1. The molecule has 0 N–H and O–H groups in total. The van der Waals surface area contributed by atoms with Crippen molar-refractivity contribution in [2.75, 3.05) is 12.4 Å². The fraction of sp³-hybridized carbons (Fsp3) is 0.250. The molecule has 0 amide bonds. The molecule has 0 atom stereocenters. The minimum atomic E-state index is 0.0721. The van der Waals surface area contributed by atoms with Crippen LogP contribution < -0.4 is 9.47 Å². The third-order valence-corrected chi connectivity index (χ3v) is 5.02. The van der Waals surface area contributed by atoms with E-state index in [9.17, 15) is 4.79 Å². The normalized spacial score (nSPS) is 10.7. The lowest BCUT2D eigenvalue weighted by atomic mass is 10.3. The summed E-state index contributed by atoms with van der Waals surface area (Å²) in [7, 11) is 0. The molecule has 0 saturated heterocycles. The van der Waals surface area contributed by atoms with Gasteiger partial charge < -0.3 is 9.47 Å². The molecule has 3 rings (SSSR count). The van der Waals surface area contributed by atoms with E-state index in [-0.39, 0.29) is 12.4 Å². The van der Waals surface area contributed by atoms with Gasteiger partial charge in [-0.15, -0.1) is 10.2 Å². The zero-order valence-corrected chi connectivity index (χ0v) is 17.2. The molecule has 6 nitrogen and oxygen atoms in total. The van der Waals surface area contributed by atoms with Gasteiger partial charge >= 0.3 is 0 Å². The molecule has 1 aromatic heterocycles. The first-order chi connectivity index (χ1) is 13.6. The largest absolute Gasteiger partial charge is 0.494 e. The molecule has 2 aromatic carbocycles. The smallest absolute Gasteiger partial charge is 0.196 e. The number of Topliss-reactive ketones (excluding diaryl/α,β-unsaturated/α-hetero) is 1. The quantitative estimate of drug-likeness (QED) is 0.475. The predicted molar refractivity (Wildman–Crippen MR) is 110 cm³/mol. The standard InChI is InChI=1S/C20H20ClN3O3S/c1-3-26-17-8-10-18(11-9-17)27-12-19-22-23-20(28-13-14(2)25)24(19)16-6-4-15(21)5-7-16/h4-11H,3,12-13H2,1-2H3. The van der Waals surface area contributed by atoms with E-state index in [2.05, 4.69) is 10.2 Å². The lowest BCUT2D eigenvalue weighted by molar-refractivity contribution is -0.114. The molecule has 0 bridgehead atoms. The van der Waals surface area contributed by atoms with E-state index in [1.807, 2.05) is 47.9 Å². The minimum absolute atomic E-state index is 0.0721. The lowest BCUT2D eigenvalue weighted by Gasteiger charge is -2.11. The molecule has 0 unspecified atom stereocenters. The van der Waals surface area contributed by atoms with Crippen LogP contribution in [-0.2, 0) is 11.4 Å². The highest BCUT2D eigenvalue weighted by molar-refractivity contribution is 7.99. The van der Waals surface area contributed by atoms with Gasteiger partial charge in [-0.25, -0.2) is 0 Å². The Kier molecular flexibility index (Phi) is 6.95. The van der Waals surface area contributed by atoms with Crippen LogP contribution in [0.1, 0.15) is 19.7 Å². The second kappa shape index (κ2) is 9.61. The Morgan fingerprint density at radius 1 is 1.04 bits per heavy atom. The average Bonchev–Trinajstić information content (AvgIpc) is 3.09. The van der Waals surface area contributed by atoms with Crippen molar-refractivity contribution in [3.05, 3.63) is 59.4 Å². The van der Waals surface area contributed by atoms with Crippen molar-refractivity contribution in [3.8, 4) is 17.2 Å². The van der Waals surface area contributed by atoms with E-state index in [1.54, 1.807) is 19.1 Å². The van der Waals surface area contributed by atoms with Gasteiger partial charge in [0, 0.05) is 10.7 Å². The second-order valence-electron chi connectivity index (χ2n) is 5.89. The number of hydrogen-bond acceptors (Lipinski definition) is 6. The van der Waals surface area contributed by atoms with E-state index in [1.165, 1.54) is 11.8 Å². The second-order valence-corrected chi connectivity index (χ2v) is 7.27. The van der Waals surface area contributed by atoms with Crippen molar-refractivity contribution in [1.82, 2.24) is 14.8 Å². The van der Waals surface area contributed by atoms with Gasteiger partial charge in [0.15, 0.2) is 11.0 Å². The number of halogens is 1. The lowest BCUT2D eigenvalue weighted by Crippen LogP contribution is -2.07. The van der Waals surface area contributed by atoms with Gasteiger partial charge in [-0.2, -0.15) is 0 Å². The van der Waals surface area contributed by atoms with Gasteiger partial charge in [0.25, 0.3) is 0 Å². The summed E-state index contributed by atoms with van der Waals surface area (Å²) in [5.74, 6) is 2.52. The fourth-order valence-corrected chi connectivity index (χ4v) is 3.35. The Bertz CT molecular complexity index is 927. The number of rotatable bonds is 9. The van der Waals surface area contributed by atoms with Gasteiger partial charge in [0.2, 0.25) is 0 Å². The molecule has 3 aromatic rings. The van der Waals surface area contributed by atoms with Crippen LogP contribution in [0.3, 0.4) is 0 Å². The Hall–Kier alpha value is -2.51. The van der Waals surface area contributed by atoms with E-state index in [0.717, 1.165) is 11.4 Å². The van der Waals surface area contributed by atoms with Gasteiger partial charge in [-0.05, 0) is 62.4 Å². The maximum absolute atomic E-state index is 11.4. The first-order valence-electron chi connectivity index (χ1n) is 8.75. The molecule has 146 valence electrons. The van der Waals surface area contributed by atoms with Crippen LogP contribution in [0.2, 0.25) is 5.02 Å². The topological polar surface area (TPSA) is 66.2 Å². The third kappa shape index (κ3) is 5.27. The number of carbonyl (C=O) groups is 1. The summed E-state index contributed by atoms with van der Waals surface area (Å²) in [6.45, 7) is 4.33. The third-order valence-electron chi connectivity index (χ3n) is 3.69. The maximum Gasteiger partial charge on any atom is 0.196 e. The molecular weight excluding hydrogens is 398 g/mol. The van der Waals surface area contributed by atoms with E-state index < -0.39 is 0 Å². The number of nitrogens with zero attached hydrogens (tertiary/aromatic N) is 3. The first kappa shape index (κ1) is 20.2. The Morgan fingerprint density at radius 3 is 2.29 bits per heavy atom. The van der Waals surface area contributed by atoms with Crippen LogP contribution in [-0.4, -0.2) is 32.9 Å². The van der Waals surface area contributed by atoms with Crippen molar-refractivity contribution in [2.24, 2.45) is 0 Å². The number of carbonyl (C=O) groups excluding carboxylic acids is 1. The Labute approximate surface area is 172 Å². The molecule has 0 saturated carbocycles. The van der Waals surface area contributed by atoms with E-state index in [4.69, 9.17) is 21.1 Å². The highest BCUT2D eigenvalue weighted by Crippen LogP contribution is 2.25. The molecule has 28 heavy (non-hydrogen) atoms. The van der Waals surface area contributed by atoms with Crippen LogP contribution in [0.25, 0.3) is 5.69 Å². The van der Waals surface area contributed by atoms with Crippen LogP contribution in [0.4, 0.5) is 0 Å². The summed E-state index contributed by atoms with van der Waals surface area (Å²) in [5.41, 5.74) is 0.853. The van der Waals surface area contributed by atoms with Crippen LogP contribution >= 0.6 is 23.4 Å². The molecule has 0 fully saturated rings. The first-order valence-corrected chi connectivity index (χ1v) is 10.1. The van der Waals surface area contributed by atoms with Gasteiger partial charge in [-0.1, -0.05) is 23.4 Å². The number of aromatic nitrogens is 3. The molecular formula is C20H20ClN3O3S. The van der Waals surface area contributed by atoms with Crippen LogP contribution in [0.15, 0.2) is 53.7 Å². The maximum atomic E-state index is 11.4. The zero-order valence-electron chi connectivity index (χ0n) is 15.6. The molecule has 0 aliphatic carbocycles. The summed E-state index contributed by atoms with van der Waals surface area (Å²) in [5, 5.41) is 9.75. The summed E-state index contributed by atoms with van der Waals surface area (Å²) >= 11 is 7.35. The zero-order chi connectivity index (χ0) is 19.9. The predicted octanol–water partition coefficient (Wildman–Crippen LogP) is 4.58.